The van der Waals surface area contributed by atoms with E-state index in [2.05, 4.69) is 15.2 Å². The van der Waals surface area contributed by atoms with Crippen LogP contribution in [0.4, 0.5) is 4.39 Å². The average Bonchev–Trinajstić information content (AvgIpc) is 3.10. The zero-order valence-corrected chi connectivity index (χ0v) is 16.9. The van der Waals surface area contributed by atoms with Crippen molar-refractivity contribution >= 4 is 17.7 Å². The van der Waals surface area contributed by atoms with E-state index in [-0.39, 0.29) is 17.0 Å². The van der Waals surface area contributed by atoms with Gasteiger partial charge in [0.15, 0.2) is 11.0 Å². The first-order chi connectivity index (χ1) is 13.5. The zero-order chi connectivity index (χ0) is 20.1. The smallest absolute Gasteiger partial charge is 0.235 e. The van der Waals surface area contributed by atoms with Crippen LogP contribution < -0.4 is 0 Å². The number of benzene rings is 1. The number of pyridine rings is 1. The highest BCUT2D eigenvalue weighted by molar-refractivity contribution is 8.00. The number of rotatable bonds is 7. The maximum atomic E-state index is 13.4. The molecule has 0 aliphatic carbocycles. The van der Waals surface area contributed by atoms with Gasteiger partial charge in [-0.1, -0.05) is 23.9 Å². The molecule has 1 atom stereocenters. The van der Waals surface area contributed by atoms with E-state index >= 15 is 0 Å². The summed E-state index contributed by atoms with van der Waals surface area (Å²) in [7, 11) is 1.72. The Balaban J connectivity index is 1.71. The number of thioether (sulfide) groups is 1. The second-order valence-electron chi connectivity index (χ2n) is 6.37. The summed E-state index contributed by atoms with van der Waals surface area (Å²) in [5.74, 6) is 0.394. The summed E-state index contributed by atoms with van der Waals surface area (Å²) < 4.78 is 15.3. The van der Waals surface area contributed by atoms with Gasteiger partial charge in [-0.3, -0.25) is 9.78 Å². The molecule has 3 aromatic rings. The molecule has 0 aliphatic rings. The van der Waals surface area contributed by atoms with Crippen molar-refractivity contribution in [3.63, 3.8) is 0 Å². The molecule has 0 saturated heterocycles. The fourth-order valence-electron chi connectivity index (χ4n) is 2.88. The van der Waals surface area contributed by atoms with Gasteiger partial charge in [0, 0.05) is 38.1 Å². The molecule has 2 aromatic heterocycles. The molecule has 0 aliphatic heterocycles. The Hall–Kier alpha value is -2.74. The lowest BCUT2D eigenvalue weighted by molar-refractivity contribution is -0.129. The van der Waals surface area contributed by atoms with Gasteiger partial charge in [0.05, 0.1) is 5.25 Å². The quantitative estimate of drug-likeness (QED) is 0.568. The molecule has 0 saturated carbocycles. The van der Waals surface area contributed by atoms with Crippen molar-refractivity contribution < 1.29 is 9.18 Å². The Bertz CT molecular complexity index is 947. The number of carbonyl (C=O) groups is 1. The van der Waals surface area contributed by atoms with Gasteiger partial charge >= 0.3 is 0 Å². The van der Waals surface area contributed by atoms with Gasteiger partial charge in [0.25, 0.3) is 0 Å². The van der Waals surface area contributed by atoms with Gasteiger partial charge < -0.3 is 9.47 Å². The molecule has 0 fully saturated rings. The molecule has 1 aromatic carbocycles. The maximum absolute atomic E-state index is 13.4. The summed E-state index contributed by atoms with van der Waals surface area (Å²) in [5.41, 5.74) is 1.68. The predicted molar refractivity (Wildman–Crippen MR) is 107 cm³/mol. The first-order valence-electron chi connectivity index (χ1n) is 8.99. The summed E-state index contributed by atoms with van der Waals surface area (Å²) in [6.45, 7) is 4.90. The minimum atomic E-state index is -0.349. The SMILES string of the molecule is CCn1c(SC(C)C(=O)N(C)Cc2cccc(F)c2)nnc1-c1ccncc1. The van der Waals surface area contributed by atoms with Gasteiger partial charge in [-0.15, -0.1) is 10.2 Å². The highest BCUT2D eigenvalue weighted by Gasteiger charge is 2.23. The number of amides is 1. The minimum Gasteiger partial charge on any atom is -0.340 e. The summed E-state index contributed by atoms with van der Waals surface area (Å²) in [5, 5.41) is 8.91. The molecule has 8 heteroatoms. The number of carbonyl (C=O) groups excluding carboxylic acids is 1. The number of nitrogens with zero attached hydrogens (tertiary/aromatic N) is 5. The highest BCUT2D eigenvalue weighted by Crippen LogP contribution is 2.27. The maximum Gasteiger partial charge on any atom is 0.235 e. The van der Waals surface area contributed by atoms with Crippen LogP contribution in [-0.2, 0) is 17.9 Å². The predicted octanol–water partition coefficient (Wildman–Crippen LogP) is 3.64. The van der Waals surface area contributed by atoms with Crippen molar-refractivity contribution in [3.8, 4) is 11.4 Å². The molecule has 1 amide bonds. The Morgan fingerprint density at radius 3 is 2.68 bits per heavy atom. The summed E-state index contributed by atoms with van der Waals surface area (Å²) in [6.07, 6.45) is 3.43. The minimum absolute atomic E-state index is 0.0506. The van der Waals surface area contributed by atoms with E-state index in [1.807, 2.05) is 30.5 Å². The van der Waals surface area contributed by atoms with E-state index in [9.17, 15) is 9.18 Å². The van der Waals surface area contributed by atoms with E-state index in [1.165, 1.54) is 23.9 Å². The first-order valence-corrected chi connectivity index (χ1v) is 9.87. The van der Waals surface area contributed by atoms with E-state index in [0.29, 0.717) is 18.2 Å². The topological polar surface area (TPSA) is 63.9 Å². The second kappa shape index (κ2) is 8.97. The third-order valence-corrected chi connectivity index (χ3v) is 5.35. The lowest BCUT2D eigenvalue weighted by Gasteiger charge is -2.21. The zero-order valence-electron chi connectivity index (χ0n) is 16.0. The summed E-state index contributed by atoms with van der Waals surface area (Å²) in [4.78, 5) is 18.4. The van der Waals surface area contributed by atoms with Crippen molar-refractivity contribution in [2.75, 3.05) is 7.05 Å². The molecule has 0 spiro atoms. The Kier molecular flexibility index (Phi) is 6.41. The van der Waals surface area contributed by atoms with E-state index < -0.39 is 0 Å². The third kappa shape index (κ3) is 4.56. The van der Waals surface area contributed by atoms with Crippen LogP contribution in [0.25, 0.3) is 11.4 Å². The van der Waals surface area contributed by atoms with Crippen LogP contribution >= 0.6 is 11.8 Å². The monoisotopic (exact) mass is 399 g/mol. The van der Waals surface area contributed by atoms with Gasteiger partial charge in [-0.05, 0) is 43.7 Å². The lowest BCUT2D eigenvalue weighted by atomic mass is 10.2. The molecule has 146 valence electrons. The third-order valence-electron chi connectivity index (χ3n) is 4.29. The number of hydrogen-bond acceptors (Lipinski definition) is 5. The Morgan fingerprint density at radius 1 is 1.25 bits per heavy atom. The normalized spacial score (nSPS) is 12.0. The number of halogens is 1. The molecule has 6 nitrogen and oxygen atoms in total. The Labute approximate surface area is 167 Å². The van der Waals surface area contributed by atoms with E-state index in [0.717, 1.165) is 17.0 Å². The second-order valence-corrected chi connectivity index (χ2v) is 7.68. The van der Waals surface area contributed by atoms with Crippen LogP contribution in [0.5, 0.6) is 0 Å². The summed E-state index contributed by atoms with van der Waals surface area (Å²) in [6, 6.07) is 10.0. The van der Waals surface area contributed by atoms with Crippen LogP contribution in [0.1, 0.15) is 19.4 Å². The summed E-state index contributed by atoms with van der Waals surface area (Å²) >= 11 is 1.37. The molecule has 28 heavy (non-hydrogen) atoms. The largest absolute Gasteiger partial charge is 0.340 e. The van der Waals surface area contributed by atoms with Gasteiger partial charge in [-0.2, -0.15) is 0 Å². The average molecular weight is 399 g/mol. The standard InChI is InChI=1S/C20H22FN5OS/c1-4-26-18(16-8-10-22-11-9-16)23-24-20(26)28-14(2)19(27)25(3)13-15-6-5-7-17(21)12-15/h5-12,14H,4,13H2,1-3H3. The molecular weight excluding hydrogens is 377 g/mol. The number of aromatic nitrogens is 4. The van der Waals surface area contributed by atoms with Crippen molar-refractivity contribution in [3.05, 3.63) is 60.2 Å². The molecule has 0 bridgehead atoms. The van der Waals surface area contributed by atoms with E-state index in [4.69, 9.17) is 0 Å². The van der Waals surface area contributed by atoms with Gasteiger partial charge in [0.1, 0.15) is 5.82 Å². The van der Waals surface area contributed by atoms with Gasteiger partial charge in [0.2, 0.25) is 5.91 Å². The van der Waals surface area contributed by atoms with Crippen molar-refractivity contribution in [2.24, 2.45) is 0 Å². The van der Waals surface area contributed by atoms with Crippen molar-refractivity contribution in [1.82, 2.24) is 24.6 Å². The fraction of sp³-hybridized carbons (Fsp3) is 0.300. The van der Waals surface area contributed by atoms with E-state index in [1.54, 1.807) is 36.5 Å². The van der Waals surface area contributed by atoms with Crippen LogP contribution in [0.3, 0.4) is 0 Å². The van der Waals surface area contributed by atoms with Gasteiger partial charge in [-0.25, -0.2) is 4.39 Å². The number of hydrogen-bond donors (Lipinski definition) is 0. The molecule has 2 heterocycles. The molecule has 3 rings (SSSR count). The molecule has 0 N–H and O–H groups in total. The van der Waals surface area contributed by atoms with Crippen LogP contribution in [0, 0.1) is 5.82 Å². The molecule has 0 radical (unpaired) electrons. The first kappa shape index (κ1) is 20.0. The highest BCUT2D eigenvalue weighted by atomic mass is 32.2. The fourth-order valence-corrected chi connectivity index (χ4v) is 3.91. The molecular formula is C20H22FN5OS. The van der Waals surface area contributed by atoms with Crippen molar-refractivity contribution in [1.29, 1.82) is 0 Å². The molecule has 1 unspecified atom stereocenters. The van der Waals surface area contributed by atoms with Crippen molar-refractivity contribution in [2.45, 2.75) is 37.3 Å². The lowest BCUT2D eigenvalue weighted by Crippen LogP contribution is -2.33. The Morgan fingerprint density at radius 2 is 2.00 bits per heavy atom. The van der Waals surface area contributed by atoms with Crippen LogP contribution in [0.2, 0.25) is 0 Å². The van der Waals surface area contributed by atoms with Crippen LogP contribution in [0.15, 0.2) is 53.9 Å². The van der Waals surface area contributed by atoms with Crippen LogP contribution in [-0.4, -0.2) is 42.9 Å².